The molecular formula is C10H13NO3. The van der Waals surface area contributed by atoms with Crippen LogP contribution in [0.5, 0.6) is 17.2 Å². The molecule has 4 heteroatoms. The van der Waals surface area contributed by atoms with E-state index in [0.717, 1.165) is 12.8 Å². The fraction of sp³-hybridized carbons (Fsp3) is 0.400. The van der Waals surface area contributed by atoms with Gasteiger partial charge in [0.1, 0.15) is 0 Å². The summed E-state index contributed by atoms with van der Waals surface area (Å²) in [6.45, 7) is 0. The van der Waals surface area contributed by atoms with Gasteiger partial charge in [0.2, 0.25) is 5.75 Å². The SMILES string of the molecule is N[C@H](c1ccc(O)c(O)c1O)C1CC1. The Kier molecular flexibility index (Phi) is 2.00. The zero-order valence-electron chi connectivity index (χ0n) is 7.64. The minimum atomic E-state index is -0.487. The fourth-order valence-corrected chi connectivity index (χ4v) is 1.56. The number of hydrogen-bond acceptors (Lipinski definition) is 4. The molecule has 0 unspecified atom stereocenters. The van der Waals surface area contributed by atoms with Gasteiger partial charge in [0, 0.05) is 11.6 Å². The molecule has 5 N–H and O–H groups in total. The molecule has 2 rings (SSSR count). The lowest BCUT2D eigenvalue weighted by Gasteiger charge is -2.13. The Morgan fingerprint density at radius 1 is 1.14 bits per heavy atom. The number of phenols is 3. The van der Waals surface area contributed by atoms with Crippen molar-refractivity contribution in [2.24, 2.45) is 11.7 Å². The molecule has 0 spiro atoms. The van der Waals surface area contributed by atoms with Crippen molar-refractivity contribution < 1.29 is 15.3 Å². The summed E-state index contributed by atoms with van der Waals surface area (Å²) >= 11 is 0. The van der Waals surface area contributed by atoms with Crippen LogP contribution in [-0.2, 0) is 0 Å². The molecule has 1 fully saturated rings. The van der Waals surface area contributed by atoms with E-state index in [-0.39, 0.29) is 17.5 Å². The average Bonchev–Trinajstić information content (AvgIpc) is 2.97. The summed E-state index contributed by atoms with van der Waals surface area (Å²) in [5.41, 5.74) is 6.37. The van der Waals surface area contributed by atoms with Gasteiger partial charge < -0.3 is 21.1 Å². The van der Waals surface area contributed by atoms with E-state index in [0.29, 0.717) is 11.5 Å². The van der Waals surface area contributed by atoms with Crippen molar-refractivity contribution in [2.45, 2.75) is 18.9 Å². The van der Waals surface area contributed by atoms with Crippen molar-refractivity contribution >= 4 is 0 Å². The maximum Gasteiger partial charge on any atom is 0.200 e. The molecule has 0 aliphatic heterocycles. The molecule has 0 heterocycles. The number of nitrogens with two attached hydrogens (primary N) is 1. The Bertz CT molecular complexity index is 361. The lowest BCUT2D eigenvalue weighted by molar-refractivity contribution is 0.361. The predicted octanol–water partition coefficient (Wildman–Crippen LogP) is 1.21. The summed E-state index contributed by atoms with van der Waals surface area (Å²) in [6.07, 6.45) is 2.12. The summed E-state index contributed by atoms with van der Waals surface area (Å²) < 4.78 is 0. The summed E-state index contributed by atoms with van der Waals surface area (Å²) in [5, 5.41) is 27.9. The normalized spacial score (nSPS) is 18.1. The highest BCUT2D eigenvalue weighted by Crippen LogP contribution is 2.46. The maximum absolute atomic E-state index is 9.54. The van der Waals surface area contributed by atoms with Crippen LogP contribution in [-0.4, -0.2) is 15.3 Å². The lowest BCUT2D eigenvalue weighted by atomic mass is 10.0. The van der Waals surface area contributed by atoms with Crippen LogP contribution in [0, 0.1) is 5.92 Å². The standard InChI is InChI=1S/C10H13NO3/c11-8(5-1-2-5)6-3-4-7(12)10(14)9(6)13/h3-5,8,12-14H,1-2,11H2/t8-/m0/s1. The number of benzene rings is 1. The Hall–Kier alpha value is -1.42. The first-order chi connectivity index (χ1) is 6.61. The zero-order chi connectivity index (χ0) is 10.3. The van der Waals surface area contributed by atoms with Gasteiger partial charge in [0.25, 0.3) is 0 Å². The summed E-state index contributed by atoms with van der Waals surface area (Å²) in [4.78, 5) is 0. The van der Waals surface area contributed by atoms with E-state index >= 15 is 0 Å². The fourth-order valence-electron chi connectivity index (χ4n) is 1.56. The predicted molar refractivity (Wildman–Crippen MR) is 51.1 cm³/mol. The quantitative estimate of drug-likeness (QED) is 0.534. The third kappa shape index (κ3) is 1.37. The first-order valence-electron chi connectivity index (χ1n) is 4.60. The number of phenolic OH excluding ortho intramolecular Hbond substituents is 3. The van der Waals surface area contributed by atoms with Gasteiger partial charge in [-0.2, -0.15) is 0 Å². The van der Waals surface area contributed by atoms with Crippen LogP contribution < -0.4 is 5.73 Å². The van der Waals surface area contributed by atoms with Crippen LogP contribution in [0.4, 0.5) is 0 Å². The van der Waals surface area contributed by atoms with Gasteiger partial charge in [-0.3, -0.25) is 0 Å². The van der Waals surface area contributed by atoms with E-state index in [1.807, 2.05) is 0 Å². The van der Waals surface area contributed by atoms with Crippen LogP contribution >= 0.6 is 0 Å². The minimum Gasteiger partial charge on any atom is -0.504 e. The molecule has 1 aromatic carbocycles. The van der Waals surface area contributed by atoms with Crippen LogP contribution in [0.25, 0.3) is 0 Å². The van der Waals surface area contributed by atoms with Crippen LogP contribution in [0.3, 0.4) is 0 Å². The van der Waals surface area contributed by atoms with E-state index in [4.69, 9.17) is 10.8 Å². The van der Waals surface area contributed by atoms with Crippen LogP contribution in [0.15, 0.2) is 12.1 Å². The Labute approximate surface area is 81.6 Å². The minimum absolute atomic E-state index is 0.249. The molecule has 1 atom stereocenters. The summed E-state index contributed by atoms with van der Waals surface area (Å²) in [5.74, 6) is -0.720. The van der Waals surface area contributed by atoms with E-state index in [1.165, 1.54) is 6.07 Å². The summed E-state index contributed by atoms with van der Waals surface area (Å²) in [7, 11) is 0. The smallest absolute Gasteiger partial charge is 0.200 e. The molecular weight excluding hydrogens is 182 g/mol. The molecule has 0 aromatic heterocycles. The Morgan fingerprint density at radius 2 is 1.79 bits per heavy atom. The third-order valence-electron chi connectivity index (χ3n) is 2.65. The van der Waals surface area contributed by atoms with Gasteiger partial charge in [-0.1, -0.05) is 0 Å². The first-order valence-corrected chi connectivity index (χ1v) is 4.60. The molecule has 4 nitrogen and oxygen atoms in total. The van der Waals surface area contributed by atoms with Gasteiger partial charge in [-0.25, -0.2) is 0 Å². The molecule has 0 amide bonds. The highest BCUT2D eigenvalue weighted by Gasteiger charge is 2.31. The lowest BCUT2D eigenvalue weighted by Crippen LogP contribution is -2.12. The molecule has 0 saturated heterocycles. The maximum atomic E-state index is 9.54. The Balaban J connectivity index is 2.38. The third-order valence-corrected chi connectivity index (χ3v) is 2.65. The Morgan fingerprint density at radius 3 is 2.36 bits per heavy atom. The molecule has 1 aliphatic carbocycles. The first kappa shape index (κ1) is 9.15. The van der Waals surface area contributed by atoms with Crippen molar-refractivity contribution in [3.8, 4) is 17.2 Å². The van der Waals surface area contributed by atoms with Crippen LogP contribution in [0.1, 0.15) is 24.4 Å². The molecule has 1 saturated carbocycles. The molecule has 0 radical (unpaired) electrons. The molecule has 1 aromatic rings. The second-order valence-corrected chi connectivity index (χ2v) is 3.73. The van der Waals surface area contributed by atoms with E-state index in [2.05, 4.69) is 0 Å². The number of aromatic hydroxyl groups is 3. The van der Waals surface area contributed by atoms with E-state index in [1.54, 1.807) is 6.07 Å². The van der Waals surface area contributed by atoms with Crippen molar-refractivity contribution in [1.82, 2.24) is 0 Å². The van der Waals surface area contributed by atoms with Gasteiger partial charge in [-0.15, -0.1) is 0 Å². The van der Waals surface area contributed by atoms with Gasteiger partial charge in [0.15, 0.2) is 11.5 Å². The highest BCUT2D eigenvalue weighted by molar-refractivity contribution is 5.54. The number of hydrogen-bond donors (Lipinski definition) is 4. The van der Waals surface area contributed by atoms with Gasteiger partial charge in [0.05, 0.1) is 0 Å². The van der Waals surface area contributed by atoms with Crippen molar-refractivity contribution in [1.29, 1.82) is 0 Å². The second-order valence-electron chi connectivity index (χ2n) is 3.73. The van der Waals surface area contributed by atoms with Crippen LogP contribution in [0.2, 0.25) is 0 Å². The van der Waals surface area contributed by atoms with E-state index in [9.17, 15) is 10.2 Å². The number of rotatable bonds is 2. The summed E-state index contributed by atoms with van der Waals surface area (Å²) in [6, 6.07) is 2.64. The molecule has 76 valence electrons. The van der Waals surface area contributed by atoms with E-state index < -0.39 is 5.75 Å². The molecule has 0 bridgehead atoms. The second kappa shape index (κ2) is 3.06. The molecule has 1 aliphatic rings. The highest BCUT2D eigenvalue weighted by atomic mass is 16.3. The topological polar surface area (TPSA) is 86.7 Å². The zero-order valence-corrected chi connectivity index (χ0v) is 7.64. The molecule has 14 heavy (non-hydrogen) atoms. The largest absolute Gasteiger partial charge is 0.504 e. The van der Waals surface area contributed by atoms with Crippen molar-refractivity contribution in [3.63, 3.8) is 0 Å². The van der Waals surface area contributed by atoms with Crippen molar-refractivity contribution in [3.05, 3.63) is 17.7 Å². The van der Waals surface area contributed by atoms with Crippen molar-refractivity contribution in [2.75, 3.05) is 0 Å². The van der Waals surface area contributed by atoms with Gasteiger partial charge in [-0.05, 0) is 30.9 Å². The average molecular weight is 195 g/mol. The monoisotopic (exact) mass is 195 g/mol. The van der Waals surface area contributed by atoms with Gasteiger partial charge >= 0.3 is 0 Å².